The zero-order chi connectivity index (χ0) is 14.8. The van der Waals surface area contributed by atoms with E-state index in [1.807, 2.05) is 6.07 Å². The molecule has 2 heteroatoms. The summed E-state index contributed by atoms with van der Waals surface area (Å²) in [6.45, 7) is 3.43. The third kappa shape index (κ3) is 2.79. The van der Waals surface area contributed by atoms with Crippen LogP contribution in [0.15, 0.2) is 65.3 Å². The second kappa shape index (κ2) is 5.98. The number of hydrogen-bond acceptors (Lipinski definition) is 2. The number of rotatable bonds is 3. The Morgan fingerprint density at radius 2 is 1.77 bits per heavy atom. The number of benzene rings is 2. The molecule has 2 heterocycles. The maximum absolute atomic E-state index is 5.54. The Kier molecular flexibility index (Phi) is 3.69. The molecule has 0 saturated carbocycles. The largest absolute Gasteiger partial charge is 0.464 e. The van der Waals surface area contributed by atoms with E-state index in [1.54, 1.807) is 6.26 Å². The van der Waals surface area contributed by atoms with E-state index >= 15 is 0 Å². The van der Waals surface area contributed by atoms with Crippen molar-refractivity contribution in [3.05, 3.63) is 72.0 Å². The Bertz CT molecular complexity index is 739. The molecule has 1 saturated heterocycles. The van der Waals surface area contributed by atoms with Crippen LogP contribution in [0.2, 0.25) is 0 Å². The summed E-state index contributed by atoms with van der Waals surface area (Å²) in [5, 5.41) is 1.20. The second-order valence-corrected chi connectivity index (χ2v) is 6.25. The zero-order valence-corrected chi connectivity index (χ0v) is 12.7. The number of piperidine rings is 1. The fourth-order valence-electron chi connectivity index (χ4n) is 3.49. The Morgan fingerprint density at radius 1 is 0.955 bits per heavy atom. The monoisotopic (exact) mass is 291 g/mol. The summed E-state index contributed by atoms with van der Waals surface area (Å²) in [7, 11) is 0. The third-order valence-electron chi connectivity index (χ3n) is 4.79. The zero-order valence-electron chi connectivity index (χ0n) is 12.7. The molecule has 22 heavy (non-hydrogen) atoms. The Morgan fingerprint density at radius 3 is 2.59 bits per heavy atom. The Labute approximate surface area is 131 Å². The van der Waals surface area contributed by atoms with Crippen LogP contribution in [-0.4, -0.2) is 18.0 Å². The van der Waals surface area contributed by atoms with Gasteiger partial charge in [0.1, 0.15) is 5.58 Å². The van der Waals surface area contributed by atoms with Crippen LogP contribution in [0, 0.1) is 0 Å². The molecule has 0 unspecified atom stereocenters. The minimum Gasteiger partial charge on any atom is -0.464 e. The summed E-state index contributed by atoms with van der Waals surface area (Å²) in [6, 6.07) is 19.5. The van der Waals surface area contributed by atoms with Gasteiger partial charge >= 0.3 is 0 Å². The van der Waals surface area contributed by atoms with Crippen LogP contribution >= 0.6 is 0 Å². The molecule has 0 atom stereocenters. The normalized spacial score (nSPS) is 17.1. The van der Waals surface area contributed by atoms with Crippen molar-refractivity contribution in [3.8, 4) is 0 Å². The lowest BCUT2D eigenvalue weighted by atomic mass is 9.89. The van der Waals surface area contributed by atoms with Crippen molar-refractivity contribution in [2.75, 3.05) is 13.1 Å². The molecule has 0 bridgehead atoms. The third-order valence-corrected chi connectivity index (χ3v) is 4.79. The van der Waals surface area contributed by atoms with E-state index in [0.717, 1.165) is 12.1 Å². The van der Waals surface area contributed by atoms with Gasteiger partial charge in [-0.25, -0.2) is 0 Å². The summed E-state index contributed by atoms with van der Waals surface area (Å²) in [4.78, 5) is 2.57. The van der Waals surface area contributed by atoms with Crippen molar-refractivity contribution in [3.63, 3.8) is 0 Å². The van der Waals surface area contributed by atoms with Crippen molar-refractivity contribution >= 4 is 11.0 Å². The van der Waals surface area contributed by atoms with Gasteiger partial charge in [0.15, 0.2) is 0 Å². The van der Waals surface area contributed by atoms with E-state index in [9.17, 15) is 0 Å². The Balaban J connectivity index is 1.41. The summed E-state index contributed by atoms with van der Waals surface area (Å²) < 4.78 is 5.54. The molecule has 1 aliphatic rings. The fourth-order valence-corrected chi connectivity index (χ4v) is 3.49. The minimum absolute atomic E-state index is 0.668. The van der Waals surface area contributed by atoms with Crippen molar-refractivity contribution in [2.45, 2.75) is 25.3 Å². The number of nitrogens with zero attached hydrogens (tertiary/aromatic N) is 1. The summed E-state index contributed by atoms with van der Waals surface area (Å²) in [6.07, 6.45) is 4.25. The van der Waals surface area contributed by atoms with Crippen molar-refractivity contribution in [2.24, 2.45) is 0 Å². The summed E-state index contributed by atoms with van der Waals surface area (Å²) in [5.41, 5.74) is 3.86. The van der Waals surface area contributed by atoms with E-state index in [4.69, 9.17) is 4.42 Å². The summed E-state index contributed by atoms with van der Waals surface area (Å²) in [5.74, 6) is 0.668. The molecule has 0 aliphatic carbocycles. The van der Waals surface area contributed by atoms with Gasteiger partial charge in [-0.15, -0.1) is 0 Å². The van der Waals surface area contributed by atoms with Gasteiger partial charge in [-0.1, -0.05) is 42.5 Å². The van der Waals surface area contributed by atoms with Crippen LogP contribution in [0.3, 0.4) is 0 Å². The van der Waals surface area contributed by atoms with Gasteiger partial charge in [0.25, 0.3) is 0 Å². The van der Waals surface area contributed by atoms with E-state index < -0.39 is 0 Å². The fraction of sp³-hybridized carbons (Fsp3) is 0.300. The summed E-state index contributed by atoms with van der Waals surface area (Å²) >= 11 is 0. The first-order valence-corrected chi connectivity index (χ1v) is 8.12. The minimum atomic E-state index is 0.668. The molecular formula is C20H21NO. The van der Waals surface area contributed by atoms with Crippen LogP contribution in [0.4, 0.5) is 0 Å². The standard InChI is InChI=1S/C20H21NO/c1-2-4-16(5-3-1)15-21-11-8-17(9-12-21)19-7-6-18-10-13-22-20(18)14-19/h1-7,10,13-14,17H,8-9,11-12,15H2. The molecule has 0 amide bonds. The van der Waals surface area contributed by atoms with Crippen LogP contribution in [0.1, 0.15) is 29.9 Å². The molecular weight excluding hydrogens is 270 g/mol. The highest BCUT2D eigenvalue weighted by Crippen LogP contribution is 2.30. The highest BCUT2D eigenvalue weighted by molar-refractivity contribution is 5.77. The molecule has 2 nitrogen and oxygen atoms in total. The number of fused-ring (bicyclic) bond motifs is 1. The average molecular weight is 291 g/mol. The van der Waals surface area contributed by atoms with Gasteiger partial charge in [-0.2, -0.15) is 0 Å². The highest BCUT2D eigenvalue weighted by atomic mass is 16.3. The van der Waals surface area contributed by atoms with Gasteiger partial charge in [-0.05, 0) is 55.1 Å². The predicted molar refractivity (Wildman–Crippen MR) is 89.9 cm³/mol. The number of likely N-dealkylation sites (tertiary alicyclic amines) is 1. The first kappa shape index (κ1) is 13.6. The van der Waals surface area contributed by atoms with Crippen molar-refractivity contribution in [1.82, 2.24) is 4.90 Å². The molecule has 112 valence electrons. The van der Waals surface area contributed by atoms with Gasteiger partial charge in [0, 0.05) is 11.9 Å². The molecule has 3 aromatic rings. The lowest BCUT2D eigenvalue weighted by Gasteiger charge is -2.32. The van der Waals surface area contributed by atoms with Crippen molar-refractivity contribution < 1.29 is 4.42 Å². The molecule has 1 aliphatic heterocycles. The van der Waals surface area contributed by atoms with E-state index in [-0.39, 0.29) is 0 Å². The first-order valence-electron chi connectivity index (χ1n) is 8.12. The number of furan rings is 1. The lowest BCUT2D eigenvalue weighted by molar-refractivity contribution is 0.204. The molecule has 2 aromatic carbocycles. The molecule has 1 aromatic heterocycles. The lowest BCUT2D eigenvalue weighted by Crippen LogP contribution is -2.32. The van der Waals surface area contributed by atoms with Crippen LogP contribution in [0.5, 0.6) is 0 Å². The number of hydrogen-bond donors (Lipinski definition) is 0. The molecule has 0 N–H and O–H groups in total. The van der Waals surface area contributed by atoms with Gasteiger partial charge < -0.3 is 4.42 Å². The maximum Gasteiger partial charge on any atom is 0.134 e. The predicted octanol–water partition coefficient (Wildman–Crippen LogP) is 4.81. The quantitative estimate of drug-likeness (QED) is 0.688. The average Bonchev–Trinajstić information content (AvgIpc) is 3.04. The molecule has 0 radical (unpaired) electrons. The van der Waals surface area contributed by atoms with Crippen molar-refractivity contribution in [1.29, 1.82) is 0 Å². The Hall–Kier alpha value is -2.06. The smallest absolute Gasteiger partial charge is 0.134 e. The first-order chi connectivity index (χ1) is 10.9. The SMILES string of the molecule is c1ccc(CN2CCC(c3ccc4ccoc4c3)CC2)cc1. The van der Waals surface area contributed by atoms with Gasteiger partial charge in [0.05, 0.1) is 6.26 Å². The highest BCUT2D eigenvalue weighted by Gasteiger charge is 2.21. The van der Waals surface area contributed by atoms with E-state index in [1.165, 1.54) is 42.4 Å². The van der Waals surface area contributed by atoms with Crippen LogP contribution < -0.4 is 0 Å². The molecule has 4 rings (SSSR count). The molecule has 0 spiro atoms. The van der Waals surface area contributed by atoms with Gasteiger partial charge in [-0.3, -0.25) is 4.90 Å². The van der Waals surface area contributed by atoms with Crippen LogP contribution in [0.25, 0.3) is 11.0 Å². The van der Waals surface area contributed by atoms with Crippen LogP contribution in [-0.2, 0) is 6.54 Å². The second-order valence-electron chi connectivity index (χ2n) is 6.25. The van der Waals surface area contributed by atoms with E-state index in [0.29, 0.717) is 5.92 Å². The van der Waals surface area contributed by atoms with E-state index in [2.05, 4.69) is 53.4 Å². The topological polar surface area (TPSA) is 16.4 Å². The van der Waals surface area contributed by atoms with Gasteiger partial charge in [0.2, 0.25) is 0 Å². The maximum atomic E-state index is 5.54. The molecule has 1 fully saturated rings.